The highest BCUT2D eigenvalue weighted by Gasteiger charge is 2.09. The molecular formula is C18H18N2O2S. The summed E-state index contributed by atoms with van der Waals surface area (Å²) in [5, 5.41) is 3.40. The van der Waals surface area contributed by atoms with Gasteiger partial charge in [0.2, 0.25) is 5.91 Å². The summed E-state index contributed by atoms with van der Waals surface area (Å²) in [6, 6.07) is 15.5. The number of aryl methyl sites for hydroxylation is 1. The van der Waals surface area contributed by atoms with Gasteiger partial charge >= 0.3 is 0 Å². The number of hydrogen-bond donors (Lipinski definition) is 1. The van der Waals surface area contributed by atoms with Crippen molar-refractivity contribution in [3.05, 3.63) is 54.1 Å². The minimum atomic E-state index is -0.0690. The molecule has 1 N–H and O–H groups in total. The van der Waals surface area contributed by atoms with Gasteiger partial charge in [-0.25, -0.2) is 4.98 Å². The number of anilines is 1. The number of para-hydroxylation sites is 2. The molecule has 0 spiro atoms. The van der Waals surface area contributed by atoms with E-state index >= 15 is 0 Å². The van der Waals surface area contributed by atoms with Gasteiger partial charge in [-0.1, -0.05) is 49.4 Å². The monoisotopic (exact) mass is 326 g/mol. The topological polar surface area (TPSA) is 55.1 Å². The molecule has 0 saturated carbocycles. The number of amides is 1. The SMILES string of the molecule is CCCc1ccc(NC(=O)CSc2nc3ccccc3o2)cc1. The maximum atomic E-state index is 12.0. The van der Waals surface area contributed by atoms with Crippen LogP contribution in [0.1, 0.15) is 18.9 Å². The minimum Gasteiger partial charge on any atom is -0.431 e. The van der Waals surface area contributed by atoms with Crippen LogP contribution in [0, 0.1) is 0 Å². The van der Waals surface area contributed by atoms with E-state index in [1.165, 1.54) is 17.3 Å². The summed E-state index contributed by atoms with van der Waals surface area (Å²) in [6.07, 6.45) is 2.18. The summed E-state index contributed by atoms with van der Waals surface area (Å²) in [7, 11) is 0. The zero-order valence-corrected chi connectivity index (χ0v) is 13.7. The van der Waals surface area contributed by atoms with Crippen LogP contribution >= 0.6 is 11.8 Å². The average Bonchev–Trinajstić information content (AvgIpc) is 2.98. The number of aromatic nitrogens is 1. The van der Waals surface area contributed by atoms with Crippen molar-refractivity contribution in [1.29, 1.82) is 0 Å². The zero-order chi connectivity index (χ0) is 16.1. The Morgan fingerprint density at radius 1 is 1.17 bits per heavy atom. The highest BCUT2D eigenvalue weighted by molar-refractivity contribution is 7.99. The first-order valence-electron chi connectivity index (χ1n) is 7.62. The van der Waals surface area contributed by atoms with Gasteiger partial charge < -0.3 is 9.73 Å². The van der Waals surface area contributed by atoms with Gasteiger partial charge in [-0.2, -0.15) is 0 Å². The molecule has 1 heterocycles. The smallest absolute Gasteiger partial charge is 0.257 e. The lowest BCUT2D eigenvalue weighted by molar-refractivity contribution is -0.113. The molecule has 2 aromatic carbocycles. The summed E-state index contributed by atoms with van der Waals surface area (Å²) in [5.74, 6) is 0.198. The van der Waals surface area contributed by atoms with Gasteiger partial charge in [0.05, 0.1) is 5.75 Å². The predicted octanol–water partition coefficient (Wildman–Crippen LogP) is 4.51. The highest BCUT2D eigenvalue weighted by Crippen LogP contribution is 2.23. The lowest BCUT2D eigenvalue weighted by Gasteiger charge is -2.05. The van der Waals surface area contributed by atoms with E-state index in [0.717, 1.165) is 29.6 Å². The number of thioether (sulfide) groups is 1. The number of benzene rings is 2. The number of nitrogens with zero attached hydrogens (tertiary/aromatic N) is 1. The Balaban J connectivity index is 1.54. The normalized spacial score (nSPS) is 10.8. The molecule has 0 aliphatic heterocycles. The molecular weight excluding hydrogens is 308 g/mol. The Hall–Kier alpha value is -2.27. The van der Waals surface area contributed by atoms with Crippen LogP contribution in [-0.4, -0.2) is 16.6 Å². The van der Waals surface area contributed by atoms with Crippen molar-refractivity contribution in [2.24, 2.45) is 0 Å². The Kier molecular flexibility index (Phi) is 4.98. The fraction of sp³-hybridized carbons (Fsp3) is 0.222. The molecule has 0 aliphatic carbocycles. The molecule has 0 bridgehead atoms. The molecule has 0 saturated heterocycles. The number of carbonyl (C=O) groups excluding carboxylic acids is 1. The molecule has 23 heavy (non-hydrogen) atoms. The van der Waals surface area contributed by atoms with Gasteiger partial charge in [0, 0.05) is 5.69 Å². The van der Waals surface area contributed by atoms with Gasteiger partial charge in [-0.15, -0.1) is 0 Å². The molecule has 0 radical (unpaired) electrons. The van der Waals surface area contributed by atoms with Crippen LogP contribution in [0.4, 0.5) is 5.69 Å². The fourth-order valence-corrected chi connectivity index (χ4v) is 2.92. The predicted molar refractivity (Wildman–Crippen MR) is 93.8 cm³/mol. The van der Waals surface area contributed by atoms with E-state index in [1.807, 2.05) is 48.5 Å². The highest BCUT2D eigenvalue weighted by atomic mass is 32.2. The van der Waals surface area contributed by atoms with Gasteiger partial charge in [0.1, 0.15) is 5.52 Å². The molecule has 0 atom stereocenters. The molecule has 5 heteroatoms. The van der Waals surface area contributed by atoms with Crippen molar-refractivity contribution in [2.45, 2.75) is 25.0 Å². The van der Waals surface area contributed by atoms with Crippen molar-refractivity contribution in [1.82, 2.24) is 4.98 Å². The van der Waals surface area contributed by atoms with E-state index < -0.39 is 0 Å². The van der Waals surface area contributed by atoms with E-state index in [4.69, 9.17) is 4.42 Å². The number of fused-ring (bicyclic) bond motifs is 1. The van der Waals surface area contributed by atoms with Gasteiger partial charge in [-0.3, -0.25) is 4.79 Å². The molecule has 0 aliphatic rings. The maximum absolute atomic E-state index is 12.0. The summed E-state index contributed by atoms with van der Waals surface area (Å²) in [5.41, 5.74) is 3.64. The first-order valence-corrected chi connectivity index (χ1v) is 8.60. The number of nitrogens with one attached hydrogen (secondary N) is 1. The van der Waals surface area contributed by atoms with E-state index in [2.05, 4.69) is 17.2 Å². The van der Waals surface area contributed by atoms with Crippen molar-refractivity contribution in [2.75, 3.05) is 11.1 Å². The van der Waals surface area contributed by atoms with Crippen LogP contribution in [0.15, 0.2) is 58.2 Å². The average molecular weight is 326 g/mol. The minimum absolute atomic E-state index is 0.0690. The Bertz CT molecular complexity index is 763. The van der Waals surface area contributed by atoms with Gasteiger partial charge in [0.25, 0.3) is 5.22 Å². The summed E-state index contributed by atoms with van der Waals surface area (Å²) >= 11 is 1.29. The Morgan fingerprint density at radius 2 is 1.96 bits per heavy atom. The second-order valence-electron chi connectivity index (χ2n) is 5.23. The van der Waals surface area contributed by atoms with Crippen LogP contribution in [0.5, 0.6) is 0 Å². The van der Waals surface area contributed by atoms with Crippen LogP contribution in [0.3, 0.4) is 0 Å². The van der Waals surface area contributed by atoms with Crippen LogP contribution < -0.4 is 5.32 Å². The molecule has 1 amide bonds. The lowest BCUT2D eigenvalue weighted by Crippen LogP contribution is -2.13. The van der Waals surface area contributed by atoms with Crippen LogP contribution in [0.25, 0.3) is 11.1 Å². The third-order valence-corrected chi connectivity index (χ3v) is 4.21. The summed E-state index contributed by atoms with van der Waals surface area (Å²) in [6.45, 7) is 2.15. The molecule has 3 rings (SSSR count). The van der Waals surface area contributed by atoms with E-state index in [1.54, 1.807) is 0 Å². The van der Waals surface area contributed by atoms with Crippen molar-refractivity contribution < 1.29 is 9.21 Å². The summed E-state index contributed by atoms with van der Waals surface area (Å²) in [4.78, 5) is 16.4. The Morgan fingerprint density at radius 3 is 2.70 bits per heavy atom. The standard InChI is InChI=1S/C18H18N2O2S/c1-2-5-13-8-10-14(11-9-13)19-17(21)12-23-18-20-15-6-3-4-7-16(15)22-18/h3-4,6-11H,2,5,12H2,1H3,(H,19,21). The molecule has 118 valence electrons. The lowest BCUT2D eigenvalue weighted by atomic mass is 10.1. The molecule has 0 fully saturated rings. The second kappa shape index (κ2) is 7.33. The van der Waals surface area contributed by atoms with Gasteiger partial charge in [0.15, 0.2) is 5.58 Å². The quantitative estimate of drug-likeness (QED) is 0.677. The van der Waals surface area contributed by atoms with Gasteiger partial charge in [-0.05, 0) is 36.2 Å². The third kappa shape index (κ3) is 4.13. The third-order valence-electron chi connectivity index (χ3n) is 3.38. The number of oxazole rings is 1. The van der Waals surface area contributed by atoms with Crippen molar-refractivity contribution in [3.8, 4) is 0 Å². The zero-order valence-electron chi connectivity index (χ0n) is 12.9. The number of hydrogen-bond acceptors (Lipinski definition) is 4. The first kappa shape index (κ1) is 15.6. The van der Waals surface area contributed by atoms with Crippen molar-refractivity contribution in [3.63, 3.8) is 0 Å². The van der Waals surface area contributed by atoms with Crippen molar-refractivity contribution >= 4 is 34.5 Å². The Labute approximate surface area is 139 Å². The largest absolute Gasteiger partial charge is 0.431 e. The maximum Gasteiger partial charge on any atom is 0.257 e. The fourth-order valence-electron chi connectivity index (χ4n) is 2.28. The molecule has 0 unspecified atom stereocenters. The van der Waals surface area contributed by atoms with Crippen LogP contribution in [0.2, 0.25) is 0 Å². The van der Waals surface area contributed by atoms with E-state index in [-0.39, 0.29) is 11.7 Å². The number of rotatable bonds is 6. The second-order valence-corrected chi connectivity index (χ2v) is 6.16. The molecule has 1 aromatic heterocycles. The summed E-state index contributed by atoms with van der Waals surface area (Å²) < 4.78 is 5.58. The first-order chi connectivity index (χ1) is 11.2. The molecule has 4 nitrogen and oxygen atoms in total. The number of carbonyl (C=O) groups is 1. The van der Waals surface area contributed by atoms with E-state index in [9.17, 15) is 4.79 Å². The molecule has 3 aromatic rings. The van der Waals surface area contributed by atoms with E-state index in [0.29, 0.717) is 5.22 Å². The van der Waals surface area contributed by atoms with Crippen LogP contribution in [-0.2, 0) is 11.2 Å².